The predicted molar refractivity (Wildman–Crippen MR) is 171 cm³/mol. The number of aromatic nitrogens is 1. The number of amides is 3. The molecule has 11 nitrogen and oxygen atoms in total. The maximum Gasteiger partial charge on any atom is 0.322 e. The van der Waals surface area contributed by atoms with Crippen LogP contribution in [0.1, 0.15) is 71.6 Å². The van der Waals surface area contributed by atoms with Crippen molar-refractivity contribution in [3.05, 3.63) is 65.9 Å². The number of nitrogens with one attached hydrogen (secondary N) is 3. The average molecular weight is 618 g/mol. The molecule has 3 amide bonds. The summed E-state index contributed by atoms with van der Waals surface area (Å²) in [5.41, 5.74) is 4.77. The molecule has 4 rings (SSSR count). The molecule has 0 radical (unpaired) electrons. The smallest absolute Gasteiger partial charge is 0.322 e. The summed E-state index contributed by atoms with van der Waals surface area (Å²) in [6.45, 7) is 10.8. The molecule has 0 saturated carbocycles. The first-order chi connectivity index (χ1) is 21.2. The van der Waals surface area contributed by atoms with Gasteiger partial charge in [0.25, 0.3) is 5.91 Å². The molecular weight excluding hydrogens is 574 g/mol. The molecule has 11 heteroatoms. The topological polar surface area (TPSA) is 161 Å². The predicted octanol–water partition coefficient (Wildman–Crippen LogP) is 3.46. The van der Waals surface area contributed by atoms with E-state index >= 15 is 0 Å². The molecule has 45 heavy (non-hydrogen) atoms. The van der Waals surface area contributed by atoms with Crippen LogP contribution in [0.4, 0.5) is 0 Å². The number of hydrazine groups is 1. The van der Waals surface area contributed by atoms with E-state index in [0.29, 0.717) is 19.4 Å². The average Bonchev–Trinajstić information content (AvgIpc) is 3.02. The van der Waals surface area contributed by atoms with Crippen molar-refractivity contribution < 1.29 is 29.4 Å². The molecule has 2 heterocycles. The third-order valence-corrected chi connectivity index (χ3v) is 8.39. The van der Waals surface area contributed by atoms with Gasteiger partial charge in [-0.05, 0) is 81.2 Å². The number of aliphatic hydroxyl groups excluding tert-OH is 1. The van der Waals surface area contributed by atoms with Crippen LogP contribution in [0, 0.1) is 5.92 Å². The van der Waals surface area contributed by atoms with Gasteiger partial charge < -0.3 is 20.8 Å². The quantitative estimate of drug-likeness (QED) is 0.231. The summed E-state index contributed by atoms with van der Waals surface area (Å²) in [5.74, 6) is -2.64. The zero-order chi connectivity index (χ0) is 33.1. The molecule has 4 atom stereocenters. The first-order valence-electron chi connectivity index (χ1n) is 15.3. The van der Waals surface area contributed by atoms with Crippen molar-refractivity contribution >= 4 is 34.5 Å². The highest BCUT2D eigenvalue weighted by Gasteiger charge is 2.36. The van der Waals surface area contributed by atoms with Crippen LogP contribution < -0.4 is 16.1 Å². The maximum absolute atomic E-state index is 13.7. The van der Waals surface area contributed by atoms with Crippen LogP contribution in [0.5, 0.6) is 0 Å². The molecule has 1 aromatic heterocycles. The van der Waals surface area contributed by atoms with Crippen molar-refractivity contribution in [1.29, 1.82) is 0 Å². The number of fused-ring (bicyclic) bond motifs is 1. The fourth-order valence-electron chi connectivity index (χ4n) is 5.35. The van der Waals surface area contributed by atoms with E-state index in [2.05, 4.69) is 21.0 Å². The molecular formula is C34H43N5O6. The van der Waals surface area contributed by atoms with Gasteiger partial charge in [-0.1, -0.05) is 44.2 Å². The van der Waals surface area contributed by atoms with E-state index < -0.39 is 47.4 Å². The van der Waals surface area contributed by atoms with E-state index in [1.54, 1.807) is 27.0 Å². The van der Waals surface area contributed by atoms with Crippen LogP contribution in [0.15, 0.2) is 54.7 Å². The summed E-state index contributed by atoms with van der Waals surface area (Å²) >= 11 is 0. The van der Waals surface area contributed by atoms with Gasteiger partial charge in [0.2, 0.25) is 11.8 Å². The Labute approximate surface area is 263 Å². The second-order valence-corrected chi connectivity index (χ2v) is 12.6. The Morgan fingerprint density at radius 1 is 1.00 bits per heavy atom. The fraction of sp³-hybridized carbons (Fsp3) is 0.441. The lowest BCUT2D eigenvalue weighted by atomic mass is 9.82. The first kappa shape index (κ1) is 33.5. The normalized spacial score (nSPS) is 17.4. The van der Waals surface area contributed by atoms with E-state index in [-0.39, 0.29) is 11.8 Å². The molecule has 240 valence electrons. The number of pyridine rings is 1. The number of nitrogens with zero attached hydrogens (tertiary/aromatic N) is 2. The van der Waals surface area contributed by atoms with Gasteiger partial charge in [0.05, 0.1) is 17.2 Å². The molecule has 0 aliphatic carbocycles. The highest BCUT2D eigenvalue weighted by atomic mass is 16.4. The number of carboxylic acid groups (broad SMARTS) is 1. The number of hydrogen-bond donors (Lipinski definition) is 5. The van der Waals surface area contributed by atoms with E-state index in [1.165, 1.54) is 11.9 Å². The molecule has 2 aromatic carbocycles. The number of rotatable bonds is 10. The number of aliphatic hydroxyl groups is 1. The van der Waals surface area contributed by atoms with Crippen LogP contribution >= 0.6 is 0 Å². The summed E-state index contributed by atoms with van der Waals surface area (Å²) in [4.78, 5) is 56.0. The van der Waals surface area contributed by atoms with Crippen molar-refractivity contribution in [2.45, 2.75) is 84.0 Å². The van der Waals surface area contributed by atoms with Gasteiger partial charge in [0.15, 0.2) is 0 Å². The Balaban J connectivity index is 1.48. The molecule has 1 saturated heterocycles. The van der Waals surface area contributed by atoms with E-state index in [0.717, 1.165) is 33.2 Å². The second-order valence-electron chi connectivity index (χ2n) is 12.6. The number of aliphatic carboxylic acids is 1. The van der Waals surface area contributed by atoms with Crippen LogP contribution in [-0.2, 0) is 24.6 Å². The van der Waals surface area contributed by atoms with Gasteiger partial charge in [-0.25, -0.2) is 5.43 Å². The van der Waals surface area contributed by atoms with Gasteiger partial charge in [-0.15, -0.1) is 0 Å². The van der Waals surface area contributed by atoms with Crippen LogP contribution in [0.25, 0.3) is 22.0 Å². The minimum absolute atomic E-state index is 0.281. The van der Waals surface area contributed by atoms with Gasteiger partial charge in [0.1, 0.15) is 18.1 Å². The Hall–Kier alpha value is -4.35. The van der Waals surface area contributed by atoms with Crippen molar-refractivity contribution in [1.82, 2.24) is 26.1 Å². The zero-order valence-electron chi connectivity index (χ0n) is 26.6. The molecule has 1 aliphatic rings. The molecule has 3 aromatic rings. The molecule has 1 aliphatic heterocycles. The minimum Gasteiger partial charge on any atom is -0.480 e. The fourth-order valence-corrected chi connectivity index (χ4v) is 5.35. The Morgan fingerprint density at radius 3 is 2.40 bits per heavy atom. The standard InChI is InChI=1S/C34H43N5O6/c1-19(2)29(30(41)36-20(3)31(42)39-14-8-11-27(38-39)32(43)44)37-33(45)34(5,6)26-10-7-9-23(16-26)28-17-25-15-22(21(4)40)12-13-24(25)18-35-28/h7,9-10,12-13,15-21,27,29,38,40H,8,11,14H2,1-6H3,(H,36,41)(H,37,45)(H,43,44)/t20-,21+,27?,29-/m0/s1. The van der Waals surface area contributed by atoms with Crippen molar-refractivity contribution in [2.75, 3.05) is 6.54 Å². The monoisotopic (exact) mass is 617 g/mol. The third kappa shape index (κ3) is 7.66. The van der Waals surface area contributed by atoms with E-state index in [1.807, 2.05) is 62.4 Å². The SMILES string of the molecule is CC(C)[C@H](NC(=O)C(C)(C)c1cccc(-c2cc3cc([C@@H](C)O)ccc3cn2)c1)C(=O)N[C@@H](C)C(=O)N1CCCC(C(=O)O)N1. The number of hydrogen-bond acceptors (Lipinski definition) is 7. The zero-order valence-corrected chi connectivity index (χ0v) is 26.6. The Kier molecular flexibility index (Phi) is 10.2. The molecule has 1 fully saturated rings. The third-order valence-electron chi connectivity index (χ3n) is 8.39. The highest BCUT2D eigenvalue weighted by molar-refractivity contribution is 5.95. The summed E-state index contributed by atoms with van der Waals surface area (Å²) in [7, 11) is 0. The summed E-state index contributed by atoms with van der Waals surface area (Å²) in [5, 5.41) is 28.0. The number of carbonyl (C=O) groups is 4. The molecule has 5 N–H and O–H groups in total. The van der Waals surface area contributed by atoms with Crippen molar-refractivity contribution in [2.24, 2.45) is 5.92 Å². The number of benzene rings is 2. The van der Waals surface area contributed by atoms with Gasteiger partial charge in [0, 0.05) is 23.7 Å². The van der Waals surface area contributed by atoms with Crippen LogP contribution in [-0.4, -0.2) is 68.6 Å². The lowest BCUT2D eigenvalue weighted by Crippen LogP contribution is -2.61. The van der Waals surface area contributed by atoms with E-state index in [9.17, 15) is 29.4 Å². The molecule has 0 bridgehead atoms. The van der Waals surface area contributed by atoms with E-state index in [4.69, 9.17) is 0 Å². The number of carbonyl (C=O) groups excluding carboxylic acids is 3. The summed E-state index contributed by atoms with van der Waals surface area (Å²) in [6, 6.07) is 12.5. The van der Waals surface area contributed by atoms with Crippen molar-refractivity contribution in [3.8, 4) is 11.3 Å². The van der Waals surface area contributed by atoms with Gasteiger partial charge in [-0.3, -0.25) is 29.2 Å². The highest BCUT2D eigenvalue weighted by Crippen LogP contribution is 2.30. The summed E-state index contributed by atoms with van der Waals surface area (Å²) < 4.78 is 0. The van der Waals surface area contributed by atoms with Gasteiger partial charge >= 0.3 is 5.97 Å². The number of carboxylic acids is 1. The minimum atomic E-state index is -1.04. The van der Waals surface area contributed by atoms with Gasteiger partial charge in [-0.2, -0.15) is 0 Å². The molecule has 1 unspecified atom stereocenters. The maximum atomic E-state index is 13.7. The Morgan fingerprint density at radius 2 is 1.73 bits per heavy atom. The van der Waals surface area contributed by atoms with Crippen LogP contribution in [0.3, 0.4) is 0 Å². The largest absolute Gasteiger partial charge is 0.480 e. The van der Waals surface area contributed by atoms with Crippen molar-refractivity contribution in [3.63, 3.8) is 0 Å². The molecule has 0 spiro atoms. The Bertz CT molecular complexity index is 1590. The lowest BCUT2D eigenvalue weighted by Gasteiger charge is -2.34. The lowest BCUT2D eigenvalue weighted by molar-refractivity contribution is -0.148. The van der Waals surface area contributed by atoms with Crippen LogP contribution in [0.2, 0.25) is 0 Å². The second kappa shape index (κ2) is 13.7. The summed E-state index contributed by atoms with van der Waals surface area (Å²) in [6.07, 6.45) is 2.12. The first-order valence-corrected chi connectivity index (χ1v) is 15.3.